The number of hydrogen-bond acceptors (Lipinski definition) is 3. The molecule has 5 aliphatic rings. The average molecular weight is 403 g/mol. The lowest BCUT2D eigenvalue weighted by molar-refractivity contribution is -0.141. The Balaban J connectivity index is 1.37. The summed E-state index contributed by atoms with van der Waals surface area (Å²) >= 11 is 0. The van der Waals surface area contributed by atoms with Gasteiger partial charge in [-0.25, -0.2) is 0 Å². The van der Waals surface area contributed by atoms with Gasteiger partial charge in [0, 0.05) is 11.8 Å². The molecule has 0 radical (unpaired) electrons. The van der Waals surface area contributed by atoms with Crippen LogP contribution in [0.5, 0.6) is 0 Å². The van der Waals surface area contributed by atoms with Crippen LogP contribution in [0, 0.1) is 46.3 Å². The molecule has 0 aromatic rings. The minimum Gasteiger partial charge on any atom is -0.469 e. The zero-order valence-electron chi connectivity index (χ0n) is 19.3. The van der Waals surface area contributed by atoms with Gasteiger partial charge in [0.15, 0.2) is 0 Å². The molecule has 3 nitrogen and oxygen atoms in total. The number of carbonyl (C=O) groups is 1. The maximum atomic E-state index is 11.7. The van der Waals surface area contributed by atoms with Crippen molar-refractivity contribution in [2.24, 2.45) is 46.3 Å². The number of ether oxygens (including phenoxy) is 2. The van der Waals surface area contributed by atoms with Crippen molar-refractivity contribution in [3.63, 3.8) is 0 Å². The predicted molar refractivity (Wildman–Crippen MR) is 114 cm³/mol. The van der Waals surface area contributed by atoms with Crippen LogP contribution in [0.1, 0.15) is 91.9 Å². The average Bonchev–Trinajstić information content (AvgIpc) is 3.31. The summed E-state index contributed by atoms with van der Waals surface area (Å²) in [5.41, 5.74) is 1.03. The molecule has 164 valence electrons. The van der Waals surface area contributed by atoms with Crippen molar-refractivity contribution in [3.05, 3.63) is 0 Å². The summed E-state index contributed by atoms with van der Waals surface area (Å²) in [5, 5.41) is 0. The number of fused-ring (bicyclic) bond motifs is 3. The number of rotatable bonds is 4. The lowest BCUT2D eigenvalue weighted by Crippen LogP contribution is -2.60. The van der Waals surface area contributed by atoms with Gasteiger partial charge < -0.3 is 9.47 Å². The van der Waals surface area contributed by atoms with Gasteiger partial charge >= 0.3 is 5.97 Å². The molecule has 1 spiro atoms. The van der Waals surface area contributed by atoms with Gasteiger partial charge in [-0.3, -0.25) is 4.79 Å². The zero-order chi connectivity index (χ0) is 20.6. The van der Waals surface area contributed by atoms with Gasteiger partial charge in [-0.1, -0.05) is 34.1 Å². The molecule has 4 saturated carbocycles. The third-order valence-electron chi connectivity index (χ3n) is 11.1. The van der Waals surface area contributed by atoms with Crippen molar-refractivity contribution >= 4 is 5.97 Å². The molecule has 1 aliphatic heterocycles. The molecule has 0 aromatic carbocycles. The summed E-state index contributed by atoms with van der Waals surface area (Å²) in [7, 11) is 1.51. The number of epoxide rings is 1. The third kappa shape index (κ3) is 2.68. The van der Waals surface area contributed by atoms with Crippen molar-refractivity contribution in [1.29, 1.82) is 0 Å². The van der Waals surface area contributed by atoms with E-state index in [1.807, 2.05) is 0 Å². The van der Waals surface area contributed by atoms with E-state index in [1.54, 1.807) is 0 Å². The first kappa shape index (κ1) is 20.3. The van der Waals surface area contributed by atoms with Crippen LogP contribution >= 0.6 is 0 Å². The smallest absolute Gasteiger partial charge is 0.305 e. The highest BCUT2D eigenvalue weighted by atomic mass is 16.6. The van der Waals surface area contributed by atoms with Crippen molar-refractivity contribution in [3.8, 4) is 0 Å². The predicted octanol–water partition coefficient (Wildman–Crippen LogP) is 6.00. The third-order valence-corrected chi connectivity index (χ3v) is 11.1. The fourth-order valence-electron chi connectivity index (χ4n) is 9.55. The van der Waals surface area contributed by atoms with Crippen LogP contribution in [0.3, 0.4) is 0 Å². The quantitative estimate of drug-likeness (QED) is 0.427. The first-order chi connectivity index (χ1) is 13.8. The standard InChI is InChI=1S/C26H42O3/c1-16-12-13-25(4)18(14-16)7-8-21-20-10-9-19(17(2)6-11-23(27)28-5)24(20,3)15-22-26(21,25)29-22/h16-22H,6-15H2,1-5H3/t16-,17-,18-,19?,20?,21?,22-,24-,25+,26+/m1/s1. The molecule has 3 heteroatoms. The Bertz CT molecular complexity index is 675. The van der Waals surface area contributed by atoms with Gasteiger partial charge in [0.2, 0.25) is 0 Å². The van der Waals surface area contributed by atoms with Gasteiger partial charge in [-0.05, 0) is 92.3 Å². The zero-order valence-corrected chi connectivity index (χ0v) is 19.3. The molecule has 0 N–H and O–H groups in total. The Morgan fingerprint density at radius 3 is 2.66 bits per heavy atom. The maximum absolute atomic E-state index is 11.7. The van der Waals surface area contributed by atoms with Gasteiger partial charge in [0.1, 0.15) is 5.60 Å². The van der Waals surface area contributed by atoms with Crippen LogP contribution in [-0.4, -0.2) is 24.8 Å². The Hall–Kier alpha value is -0.570. The van der Waals surface area contributed by atoms with Gasteiger partial charge in [-0.15, -0.1) is 0 Å². The number of esters is 1. The van der Waals surface area contributed by atoms with E-state index in [0.717, 1.165) is 36.0 Å². The second kappa shape index (κ2) is 6.71. The van der Waals surface area contributed by atoms with Crippen molar-refractivity contribution < 1.29 is 14.3 Å². The molecule has 10 atom stereocenters. The first-order valence-electron chi connectivity index (χ1n) is 12.5. The highest BCUT2D eigenvalue weighted by molar-refractivity contribution is 5.69. The molecule has 0 amide bonds. The number of carbonyl (C=O) groups excluding carboxylic acids is 1. The lowest BCUT2D eigenvalue weighted by atomic mass is 9.43. The Kier molecular flexibility index (Phi) is 4.71. The largest absolute Gasteiger partial charge is 0.469 e. The normalized spacial score (nSPS) is 53.8. The van der Waals surface area contributed by atoms with Crippen LogP contribution < -0.4 is 0 Å². The molecule has 4 aliphatic carbocycles. The van der Waals surface area contributed by atoms with Crippen molar-refractivity contribution in [2.75, 3.05) is 7.11 Å². The highest BCUT2D eigenvalue weighted by Gasteiger charge is 2.79. The van der Waals surface area contributed by atoms with Crippen molar-refractivity contribution in [1.82, 2.24) is 0 Å². The Morgan fingerprint density at radius 1 is 1.14 bits per heavy atom. The van der Waals surface area contributed by atoms with E-state index >= 15 is 0 Å². The van der Waals surface area contributed by atoms with Crippen LogP contribution in [0.4, 0.5) is 0 Å². The summed E-state index contributed by atoms with van der Waals surface area (Å²) in [6.07, 6.45) is 13.1. The van der Waals surface area contributed by atoms with Gasteiger partial charge in [-0.2, -0.15) is 0 Å². The molecule has 29 heavy (non-hydrogen) atoms. The van der Waals surface area contributed by atoms with Crippen LogP contribution in [0.25, 0.3) is 0 Å². The molecule has 0 aromatic heterocycles. The van der Waals surface area contributed by atoms with E-state index in [4.69, 9.17) is 9.47 Å². The topological polar surface area (TPSA) is 38.8 Å². The van der Waals surface area contributed by atoms with E-state index < -0.39 is 0 Å². The Labute approximate surface area is 177 Å². The van der Waals surface area contributed by atoms with E-state index in [1.165, 1.54) is 58.5 Å². The summed E-state index contributed by atoms with van der Waals surface area (Å²) in [4.78, 5) is 11.7. The molecule has 1 heterocycles. The van der Waals surface area contributed by atoms with Gasteiger partial charge in [0.25, 0.3) is 0 Å². The van der Waals surface area contributed by atoms with E-state index in [0.29, 0.717) is 29.3 Å². The monoisotopic (exact) mass is 402 g/mol. The minimum atomic E-state index is -0.0532. The molecule has 0 bridgehead atoms. The maximum Gasteiger partial charge on any atom is 0.305 e. The number of methoxy groups -OCH3 is 1. The summed E-state index contributed by atoms with van der Waals surface area (Å²) < 4.78 is 11.7. The lowest BCUT2D eigenvalue weighted by Gasteiger charge is -2.59. The fourth-order valence-corrected chi connectivity index (χ4v) is 9.55. The van der Waals surface area contributed by atoms with Crippen LogP contribution in [-0.2, 0) is 14.3 Å². The van der Waals surface area contributed by atoms with Crippen LogP contribution in [0.2, 0.25) is 0 Å². The summed E-state index contributed by atoms with van der Waals surface area (Å²) in [6.45, 7) is 10.1. The van der Waals surface area contributed by atoms with E-state index in [9.17, 15) is 4.79 Å². The fraction of sp³-hybridized carbons (Fsp3) is 0.962. The molecular formula is C26H42O3. The minimum absolute atomic E-state index is 0.0532. The summed E-state index contributed by atoms with van der Waals surface area (Å²) in [6, 6.07) is 0. The SMILES string of the molecule is COC(=O)CC[C@@H](C)C1CCC2C3CC[C@@H]4C[C@H](C)CC[C@]4(C)[C@]34O[C@@H]4C[C@@]21C. The first-order valence-corrected chi connectivity index (χ1v) is 12.5. The molecular weight excluding hydrogens is 360 g/mol. The molecule has 3 unspecified atom stereocenters. The van der Waals surface area contributed by atoms with Crippen molar-refractivity contribution in [2.45, 2.75) is 104 Å². The Morgan fingerprint density at radius 2 is 1.90 bits per heavy atom. The number of hydrogen-bond donors (Lipinski definition) is 0. The molecule has 5 rings (SSSR count). The second-order valence-corrected chi connectivity index (χ2v) is 12.2. The van der Waals surface area contributed by atoms with E-state index in [-0.39, 0.29) is 11.6 Å². The van der Waals surface area contributed by atoms with Gasteiger partial charge in [0.05, 0.1) is 13.2 Å². The van der Waals surface area contributed by atoms with E-state index in [2.05, 4.69) is 27.7 Å². The van der Waals surface area contributed by atoms with Crippen LogP contribution in [0.15, 0.2) is 0 Å². The second-order valence-electron chi connectivity index (χ2n) is 12.2. The molecule has 5 fully saturated rings. The highest BCUT2D eigenvalue weighted by Crippen LogP contribution is 2.77. The summed E-state index contributed by atoms with van der Waals surface area (Å²) in [5.74, 6) is 4.66. The molecule has 1 saturated heterocycles.